The van der Waals surface area contributed by atoms with Crippen molar-refractivity contribution >= 4 is 37.8 Å². The maximum absolute atomic E-state index is 13.7. The smallest absolute Gasteiger partial charge is 0.262 e. The van der Waals surface area contributed by atoms with Crippen LogP contribution in [0.4, 0.5) is 10.2 Å². The number of ether oxygens (including phenoxy) is 2. The Labute approximate surface area is 244 Å². The first-order valence-corrected chi connectivity index (χ1v) is 14.7. The van der Waals surface area contributed by atoms with Gasteiger partial charge in [-0.1, -0.05) is 12.1 Å². The maximum Gasteiger partial charge on any atom is 0.262 e. The van der Waals surface area contributed by atoms with Crippen molar-refractivity contribution in [3.8, 4) is 17.1 Å². The molecule has 0 bridgehead atoms. The van der Waals surface area contributed by atoms with E-state index in [4.69, 9.17) is 20.3 Å². The molecule has 14 nitrogen and oxygen atoms in total. The molecule has 3 aromatic heterocycles. The number of benzene rings is 2. The fraction of sp³-hybridized carbons (Fsp3) is 0.259. The Kier molecular flexibility index (Phi) is 7.76. The highest BCUT2D eigenvalue weighted by Crippen LogP contribution is 2.33. The molecule has 0 aliphatic carbocycles. The summed E-state index contributed by atoms with van der Waals surface area (Å²) in [6.07, 6.45) is 1.51. The lowest BCUT2D eigenvalue weighted by Gasteiger charge is -2.18. The Balaban J connectivity index is 1.47. The molecule has 1 aliphatic heterocycles. The lowest BCUT2D eigenvalue weighted by atomic mass is 10.1. The monoisotopic (exact) mass is 609 g/mol. The lowest BCUT2D eigenvalue weighted by Crippen LogP contribution is -2.34. The van der Waals surface area contributed by atoms with E-state index in [1.54, 1.807) is 12.1 Å². The van der Waals surface area contributed by atoms with Crippen LogP contribution in [0.15, 0.2) is 58.4 Å². The number of nitrogens with one attached hydrogen (secondary N) is 3. The van der Waals surface area contributed by atoms with Gasteiger partial charge in [0.25, 0.3) is 5.56 Å². The molecule has 2 aromatic carbocycles. The van der Waals surface area contributed by atoms with Crippen LogP contribution in [-0.4, -0.2) is 83.0 Å². The van der Waals surface area contributed by atoms with Gasteiger partial charge in [-0.2, -0.15) is 9.40 Å². The number of H-pyrrole nitrogens is 2. The lowest BCUT2D eigenvalue weighted by molar-refractivity contribution is 0.146. The van der Waals surface area contributed by atoms with Crippen LogP contribution in [0, 0.1) is 5.82 Å². The molecule has 0 saturated carbocycles. The predicted octanol–water partition coefficient (Wildman–Crippen LogP) is 1.78. The highest BCUT2D eigenvalue weighted by molar-refractivity contribution is 7.89. The Bertz CT molecular complexity index is 1960. The number of methoxy groups -OCH3 is 1. The summed E-state index contributed by atoms with van der Waals surface area (Å²) in [5, 5.41) is 12.1. The van der Waals surface area contributed by atoms with Gasteiger partial charge in [-0.3, -0.25) is 15.7 Å². The minimum atomic E-state index is -3.91. The number of hydrazine groups is 1. The number of rotatable bonds is 10. The second kappa shape index (κ2) is 11.7. The predicted molar refractivity (Wildman–Crippen MR) is 156 cm³/mol. The first-order chi connectivity index (χ1) is 20.7. The van der Waals surface area contributed by atoms with Crippen molar-refractivity contribution in [3.05, 3.63) is 70.4 Å². The maximum atomic E-state index is 13.7. The molecular formula is C27H28FN9O5S. The zero-order chi connectivity index (χ0) is 30.1. The third-order valence-corrected chi connectivity index (χ3v) is 8.82. The molecule has 1 fully saturated rings. The van der Waals surface area contributed by atoms with Crippen LogP contribution in [0.2, 0.25) is 0 Å². The molecule has 6 rings (SSSR count). The fourth-order valence-corrected chi connectivity index (χ4v) is 6.21. The van der Waals surface area contributed by atoms with Crippen molar-refractivity contribution in [3.63, 3.8) is 0 Å². The topological polar surface area (TPSA) is 184 Å². The quantitative estimate of drug-likeness (QED) is 0.134. The number of hydrogen-bond donors (Lipinski definition) is 4. The summed E-state index contributed by atoms with van der Waals surface area (Å²) >= 11 is 0. The summed E-state index contributed by atoms with van der Waals surface area (Å²) in [5.74, 6) is 6.07. The molecule has 1 saturated heterocycles. The van der Waals surface area contributed by atoms with Gasteiger partial charge in [0.05, 0.1) is 40.8 Å². The van der Waals surface area contributed by atoms with E-state index in [-0.39, 0.29) is 71.8 Å². The van der Waals surface area contributed by atoms with Gasteiger partial charge < -0.3 is 19.8 Å². The molecule has 0 radical (unpaired) electrons. The number of hydrogen-bond acceptors (Lipinski definition) is 11. The largest absolute Gasteiger partial charge is 0.490 e. The minimum absolute atomic E-state index is 0.00974. The van der Waals surface area contributed by atoms with Crippen LogP contribution in [0.1, 0.15) is 5.56 Å². The normalized spacial score (nSPS) is 14.6. The van der Waals surface area contributed by atoms with E-state index >= 15 is 0 Å². The van der Waals surface area contributed by atoms with E-state index in [1.165, 1.54) is 53.0 Å². The Morgan fingerprint density at radius 2 is 1.93 bits per heavy atom. The van der Waals surface area contributed by atoms with Gasteiger partial charge in [-0.05, 0) is 35.9 Å². The van der Waals surface area contributed by atoms with Gasteiger partial charge in [-0.25, -0.2) is 27.8 Å². The van der Waals surface area contributed by atoms with Gasteiger partial charge in [0.2, 0.25) is 10.0 Å². The average Bonchev–Trinajstić information content (AvgIpc) is 3.66. The summed E-state index contributed by atoms with van der Waals surface area (Å²) in [6.45, 7) is 1.41. The van der Waals surface area contributed by atoms with E-state index in [1.807, 2.05) is 0 Å². The number of halogens is 1. The third-order valence-electron chi connectivity index (χ3n) is 6.99. The number of pyridine rings is 1. The Morgan fingerprint density at radius 3 is 2.67 bits per heavy atom. The Morgan fingerprint density at radius 1 is 1.12 bits per heavy atom. The molecule has 224 valence electrons. The van der Waals surface area contributed by atoms with Gasteiger partial charge in [0.15, 0.2) is 5.65 Å². The van der Waals surface area contributed by atoms with Crippen LogP contribution in [0.3, 0.4) is 0 Å². The van der Waals surface area contributed by atoms with Crippen molar-refractivity contribution < 1.29 is 22.3 Å². The van der Waals surface area contributed by atoms with Crippen LogP contribution in [-0.2, 0) is 21.3 Å². The SMILES string of the molecule is COCCOc1ccc(S(=O)(=O)N2CCN(N)C2)cc1-c1nc2c(c(NCc3ccc(F)cc3)nc3[nH]ncc32)c(=O)[nH]1. The van der Waals surface area contributed by atoms with E-state index in [0.717, 1.165) is 5.56 Å². The van der Waals surface area contributed by atoms with Crippen LogP contribution in [0.5, 0.6) is 5.75 Å². The van der Waals surface area contributed by atoms with Gasteiger partial charge in [-0.15, -0.1) is 0 Å². The summed E-state index contributed by atoms with van der Waals surface area (Å²) < 4.78 is 52.5. The first kappa shape index (κ1) is 28.6. The average molecular weight is 610 g/mol. The summed E-state index contributed by atoms with van der Waals surface area (Å²) in [7, 11) is -2.38. The van der Waals surface area contributed by atoms with Crippen molar-refractivity contribution in [2.24, 2.45) is 5.84 Å². The molecule has 5 N–H and O–H groups in total. The number of aromatic amines is 2. The summed E-state index contributed by atoms with van der Waals surface area (Å²) in [4.78, 5) is 25.7. The molecule has 0 unspecified atom stereocenters. The standard InChI is InChI=1S/C27H28FN9O5S/c1-41-10-11-42-21-7-6-18(43(39,40)37-9-8-36(29)15-37)12-19(21)24-32-23-20-14-31-35-25(20)33-26(22(23)27(38)34-24)30-13-16-2-4-17(28)5-3-16/h2-7,12,14H,8-11,13,15,29H2,1H3,(H,32,34,38)(H2,30,31,33,35). The molecule has 43 heavy (non-hydrogen) atoms. The number of nitrogens with two attached hydrogens (primary N) is 1. The molecular weight excluding hydrogens is 581 g/mol. The second-order valence-corrected chi connectivity index (χ2v) is 11.8. The van der Waals surface area contributed by atoms with Crippen molar-refractivity contribution in [2.45, 2.75) is 11.4 Å². The number of anilines is 1. The summed E-state index contributed by atoms with van der Waals surface area (Å²) in [5.41, 5.74) is 1.18. The molecule has 1 aliphatic rings. The van der Waals surface area contributed by atoms with E-state index < -0.39 is 15.6 Å². The zero-order valence-electron chi connectivity index (χ0n) is 23.0. The van der Waals surface area contributed by atoms with Crippen LogP contribution >= 0.6 is 0 Å². The highest BCUT2D eigenvalue weighted by Gasteiger charge is 2.31. The van der Waals surface area contributed by atoms with Crippen LogP contribution < -0.4 is 21.5 Å². The van der Waals surface area contributed by atoms with Crippen molar-refractivity contribution in [1.29, 1.82) is 0 Å². The van der Waals surface area contributed by atoms with Gasteiger partial charge in [0.1, 0.15) is 35.2 Å². The molecule has 16 heteroatoms. The zero-order valence-corrected chi connectivity index (χ0v) is 23.8. The van der Waals surface area contributed by atoms with Gasteiger partial charge >= 0.3 is 0 Å². The van der Waals surface area contributed by atoms with Crippen molar-refractivity contribution in [2.75, 3.05) is 45.4 Å². The van der Waals surface area contributed by atoms with E-state index in [9.17, 15) is 17.6 Å². The second-order valence-electron chi connectivity index (χ2n) is 9.84. The molecule has 4 heterocycles. The highest BCUT2D eigenvalue weighted by atomic mass is 32.2. The molecule has 0 atom stereocenters. The summed E-state index contributed by atoms with van der Waals surface area (Å²) in [6, 6.07) is 10.3. The van der Waals surface area contributed by atoms with Crippen LogP contribution in [0.25, 0.3) is 33.3 Å². The number of sulfonamides is 1. The third kappa shape index (κ3) is 5.65. The Hall–Kier alpha value is -4.48. The van der Waals surface area contributed by atoms with Crippen molar-refractivity contribution in [1.82, 2.24) is 34.5 Å². The molecule has 0 amide bonds. The number of nitrogens with zero attached hydrogens (tertiary/aromatic N) is 5. The fourth-order valence-electron chi connectivity index (χ4n) is 4.78. The first-order valence-electron chi connectivity index (χ1n) is 13.3. The molecule has 0 spiro atoms. The van der Waals surface area contributed by atoms with Gasteiger partial charge in [0, 0.05) is 26.7 Å². The molecule has 5 aromatic rings. The number of fused-ring (bicyclic) bond motifs is 3. The minimum Gasteiger partial charge on any atom is -0.490 e. The van der Waals surface area contributed by atoms with E-state index in [2.05, 4.69) is 25.5 Å². The number of aromatic nitrogens is 5. The van der Waals surface area contributed by atoms with E-state index in [0.29, 0.717) is 23.3 Å².